The Morgan fingerprint density at radius 3 is 2.50 bits per heavy atom. The van der Waals surface area contributed by atoms with E-state index in [9.17, 15) is 29.1 Å². The molecule has 0 bridgehead atoms. The number of carboxylic acids is 1. The van der Waals surface area contributed by atoms with Crippen molar-refractivity contribution in [3.63, 3.8) is 0 Å². The quantitative estimate of drug-likeness (QED) is 0.343. The highest BCUT2D eigenvalue weighted by atomic mass is 16.5. The molecule has 10 heteroatoms. The summed E-state index contributed by atoms with van der Waals surface area (Å²) in [5, 5.41) is 19.1. The summed E-state index contributed by atoms with van der Waals surface area (Å²) in [6, 6.07) is 13.7. The number of methoxy groups -OCH3 is 1. The molecule has 2 heterocycles. The number of carboxylic acid groups (broad SMARTS) is 1. The van der Waals surface area contributed by atoms with E-state index in [1.54, 1.807) is 36.4 Å². The van der Waals surface area contributed by atoms with E-state index in [-0.39, 0.29) is 60.9 Å². The minimum atomic E-state index is -1.15. The van der Waals surface area contributed by atoms with E-state index in [2.05, 4.69) is 0 Å². The van der Waals surface area contributed by atoms with Crippen LogP contribution in [0.3, 0.4) is 0 Å². The number of rotatable bonds is 8. The van der Waals surface area contributed by atoms with Crippen molar-refractivity contribution in [2.75, 3.05) is 18.6 Å². The van der Waals surface area contributed by atoms with Crippen LogP contribution in [0.4, 0.5) is 5.69 Å². The van der Waals surface area contributed by atoms with Crippen molar-refractivity contribution in [1.82, 2.24) is 4.90 Å². The van der Waals surface area contributed by atoms with Crippen LogP contribution in [-0.4, -0.2) is 58.4 Å². The van der Waals surface area contributed by atoms with Crippen LogP contribution in [0.15, 0.2) is 66.3 Å². The summed E-state index contributed by atoms with van der Waals surface area (Å²) in [6.45, 7) is 1.85. The van der Waals surface area contributed by atoms with Crippen molar-refractivity contribution in [3.8, 4) is 11.5 Å². The maximum atomic E-state index is 14.3. The summed E-state index contributed by atoms with van der Waals surface area (Å²) >= 11 is 0. The number of anilines is 1. The van der Waals surface area contributed by atoms with Gasteiger partial charge in [0, 0.05) is 18.9 Å². The molecule has 4 amide bonds. The van der Waals surface area contributed by atoms with E-state index in [0.29, 0.717) is 17.7 Å². The van der Waals surface area contributed by atoms with E-state index in [0.717, 1.165) is 5.57 Å². The number of fused-ring (bicyclic) bond motifs is 4. The van der Waals surface area contributed by atoms with Gasteiger partial charge in [-0.25, -0.2) is 4.90 Å². The fraction of sp³-hybridized carbons (Fsp3) is 0.382. The highest BCUT2D eigenvalue weighted by Gasteiger charge is 2.66. The number of carbonyl (C=O) groups is 5. The van der Waals surface area contributed by atoms with Gasteiger partial charge < -0.3 is 14.9 Å². The van der Waals surface area contributed by atoms with E-state index in [4.69, 9.17) is 9.84 Å². The molecule has 3 fully saturated rings. The van der Waals surface area contributed by atoms with Crippen LogP contribution >= 0.6 is 0 Å². The third kappa shape index (κ3) is 4.51. The van der Waals surface area contributed by atoms with Gasteiger partial charge in [0.2, 0.25) is 23.6 Å². The van der Waals surface area contributed by atoms with E-state index in [1.165, 1.54) is 23.0 Å². The second kappa shape index (κ2) is 11.1. The monoisotopic (exact) mass is 598 g/mol. The highest BCUT2D eigenvalue weighted by Crippen LogP contribution is 2.61. The minimum Gasteiger partial charge on any atom is -0.504 e. The number of nitrogens with zero attached hydrogens (tertiary/aromatic N) is 2. The van der Waals surface area contributed by atoms with Crippen LogP contribution < -0.4 is 9.64 Å². The number of ether oxygens (including phenoxy) is 1. The Bertz CT molecular complexity index is 1610. The zero-order valence-electron chi connectivity index (χ0n) is 24.5. The van der Waals surface area contributed by atoms with Crippen molar-refractivity contribution in [1.29, 1.82) is 0 Å². The number of amides is 4. The Morgan fingerprint density at radius 1 is 1.05 bits per heavy atom. The molecule has 0 spiro atoms. The number of phenolic OH excluding ortho intramolecular Hbond substituents is 1. The first kappa shape index (κ1) is 29.3. The molecular formula is C34H34N2O8. The molecule has 2 saturated heterocycles. The zero-order chi connectivity index (χ0) is 31.3. The number of hydrogen-bond acceptors (Lipinski definition) is 7. The Hall–Kier alpha value is -4.73. The van der Waals surface area contributed by atoms with Crippen molar-refractivity contribution < 1.29 is 38.9 Å². The number of aromatic hydroxyl groups is 1. The fourth-order valence-corrected chi connectivity index (χ4v) is 7.72. The van der Waals surface area contributed by atoms with Crippen molar-refractivity contribution in [2.24, 2.45) is 35.0 Å². The second-order valence-corrected chi connectivity index (χ2v) is 12.2. The molecule has 2 aromatic carbocycles. The largest absolute Gasteiger partial charge is 0.504 e. The number of likely N-dealkylation sites (tertiary alicyclic amines) is 1. The Labute approximate surface area is 254 Å². The molecule has 4 aliphatic rings. The standard InChI is InChI=1S/C34H34N2O8/c1-34-24(14-10-19-11-15-26(37)27(17-19)44-2)21-12-13-22-29(32(42)35(30(22)40)16-6-9-28(38)39)23(21)18-25(34)31(41)36(33(34)43)20-7-4-3-5-8-20/h3-5,7-8,10-12,14-15,17,22-25,29,37H,6,9,13,16,18H2,1-2H3,(H,38,39). The van der Waals surface area contributed by atoms with Gasteiger partial charge in [0.05, 0.1) is 36.0 Å². The number of allylic oxidation sites excluding steroid dienone is 3. The normalized spacial score (nSPS) is 29.5. The average molecular weight is 599 g/mol. The summed E-state index contributed by atoms with van der Waals surface area (Å²) in [5.41, 5.74) is 0.906. The van der Waals surface area contributed by atoms with Gasteiger partial charge in [0.1, 0.15) is 0 Å². The molecule has 2 aliphatic carbocycles. The third-order valence-electron chi connectivity index (χ3n) is 9.91. The minimum absolute atomic E-state index is 0.0113. The Kier molecular flexibility index (Phi) is 7.39. The summed E-state index contributed by atoms with van der Waals surface area (Å²) in [4.78, 5) is 69.0. The summed E-state index contributed by atoms with van der Waals surface area (Å²) in [6.07, 6.45) is 6.26. The van der Waals surface area contributed by atoms with Crippen LogP contribution in [0.2, 0.25) is 0 Å². The summed E-state index contributed by atoms with van der Waals surface area (Å²) in [7, 11) is 1.45. The Balaban J connectivity index is 1.41. The smallest absolute Gasteiger partial charge is 0.303 e. The van der Waals surface area contributed by atoms with Gasteiger partial charge >= 0.3 is 5.97 Å². The molecule has 0 aromatic heterocycles. The van der Waals surface area contributed by atoms with Gasteiger partial charge in [-0.15, -0.1) is 0 Å². The van der Waals surface area contributed by atoms with Crippen LogP contribution in [0, 0.1) is 35.0 Å². The lowest BCUT2D eigenvalue weighted by molar-refractivity contribution is -0.142. The van der Waals surface area contributed by atoms with Gasteiger partial charge in [0.25, 0.3) is 0 Å². The number of carbonyl (C=O) groups excluding carboxylic acids is 4. The number of aliphatic carboxylic acids is 1. The maximum Gasteiger partial charge on any atom is 0.303 e. The first-order chi connectivity index (χ1) is 21.1. The molecule has 2 aliphatic heterocycles. The predicted molar refractivity (Wildman–Crippen MR) is 159 cm³/mol. The topological polar surface area (TPSA) is 142 Å². The third-order valence-corrected chi connectivity index (χ3v) is 9.91. The van der Waals surface area contributed by atoms with Gasteiger partial charge in [-0.1, -0.05) is 48.1 Å². The van der Waals surface area contributed by atoms with Crippen molar-refractivity contribution in [2.45, 2.75) is 32.6 Å². The first-order valence-electron chi connectivity index (χ1n) is 14.8. The number of hydrogen-bond donors (Lipinski definition) is 2. The summed E-state index contributed by atoms with van der Waals surface area (Å²) in [5.74, 6) is -5.01. The highest BCUT2D eigenvalue weighted by molar-refractivity contribution is 6.24. The molecule has 6 rings (SSSR count). The van der Waals surface area contributed by atoms with Crippen LogP contribution in [0.5, 0.6) is 11.5 Å². The Morgan fingerprint density at radius 2 is 1.80 bits per heavy atom. The number of imide groups is 2. The van der Waals surface area contributed by atoms with E-state index >= 15 is 0 Å². The first-order valence-corrected chi connectivity index (χ1v) is 14.8. The maximum absolute atomic E-state index is 14.3. The van der Waals surface area contributed by atoms with Crippen LogP contribution in [0.1, 0.15) is 38.2 Å². The number of phenols is 1. The zero-order valence-corrected chi connectivity index (χ0v) is 24.5. The van der Waals surface area contributed by atoms with Crippen LogP contribution in [-0.2, 0) is 24.0 Å². The lowest BCUT2D eigenvalue weighted by Crippen LogP contribution is -2.49. The lowest BCUT2D eigenvalue weighted by atomic mass is 9.52. The molecule has 6 atom stereocenters. The molecule has 2 N–H and O–H groups in total. The fourth-order valence-electron chi connectivity index (χ4n) is 7.72. The molecular weight excluding hydrogens is 564 g/mol. The number of benzene rings is 2. The summed E-state index contributed by atoms with van der Waals surface area (Å²) < 4.78 is 5.26. The molecule has 228 valence electrons. The van der Waals surface area contributed by atoms with Crippen molar-refractivity contribution >= 4 is 41.4 Å². The van der Waals surface area contributed by atoms with Crippen molar-refractivity contribution in [3.05, 3.63) is 71.8 Å². The molecule has 10 nitrogen and oxygen atoms in total. The predicted octanol–water partition coefficient (Wildman–Crippen LogP) is 4.04. The van der Waals surface area contributed by atoms with Gasteiger partial charge in [-0.2, -0.15) is 0 Å². The molecule has 44 heavy (non-hydrogen) atoms. The van der Waals surface area contributed by atoms with Gasteiger partial charge in [0.15, 0.2) is 11.5 Å². The molecule has 0 radical (unpaired) electrons. The van der Waals surface area contributed by atoms with E-state index in [1.807, 2.05) is 31.2 Å². The molecule has 2 aromatic rings. The number of para-hydroxylation sites is 1. The lowest BCUT2D eigenvalue weighted by Gasteiger charge is -2.47. The second-order valence-electron chi connectivity index (χ2n) is 12.2. The van der Waals surface area contributed by atoms with Crippen LogP contribution in [0.25, 0.3) is 6.08 Å². The molecule has 6 unspecified atom stereocenters. The van der Waals surface area contributed by atoms with Gasteiger partial charge in [-0.05, 0) is 61.9 Å². The SMILES string of the molecule is COc1cc(C=CC2C3=CCC4C(=O)N(CCCC(=O)O)C(=O)C4C3CC3C(=O)N(c4ccccc4)C(=O)C23C)ccc1O. The molecule has 1 saturated carbocycles. The average Bonchev–Trinajstić information content (AvgIpc) is 3.37. The van der Waals surface area contributed by atoms with Gasteiger partial charge in [-0.3, -0.25) is 28.9 Å². The van der Waals surface area contributed by atoms with E-state index < -0.39 is 41.0 Å².